The number of fused-ring (bicyclic) bond motifs is 3. The fraction of sp³-hybridized carbons (Fsp3) is 0.471. The molecule has 1 N–H and O–H groups in total. The first-order valence-corrected chi connectivity index (χ1v) is 7.46. The maximum atomic E-state index is 12.1. The van der Waals surface area contributed by atoms with Gasteiger partial charge in [0, 0.05) is 16.6 Å². The van der Waals surface area contributed by atoms with Gasteiger partial charge in [-0.1, -0.05) is 13.8 Å². The third-order valence-electron chi connectivity index (χ3n) is 3.88. The number of benzene rings is 1. The van der Waals surface area contributed by atoms with Crippen molar-refractivity contribution in [3.8, 4) is 0 Å². The Bertz CT molecular complexity index is 640. The first-order chi connectivity index (χ1) is 9.65. The van der Waals surface area contributed by atoms with Crippen LogP contribution in [-0.4, -0.2) is 17.6 Å². The Morgan fingerprint density at radius 3 is 2.90 bits per heavy atom. The molecule has 1 heterocycles. The van der Waals surface area contributed by atoms with E-state index in [4.69, 9.17) is 4.74 Å². The van der Waals surface area contributed by atoms with Crippen LogP contribution >= 0.6 is 0 Å². The molecule has 0 saturated heterocycles. The van der Waals surface area contributed by atoms with Crippen molar-refractivity contribution in [2.75, 3.05) is 6.61 Å². The van der Waals surface area contributed by atoms with Gasteiger partial charge in [-0.25, -0.2) is 4.79 Å². The van der Waals surface area contributed by atoms with E-state index in [1.165, 1.54) is 29.5 Å². The highest BCUT2D eigenvalue weighted by atomic mass is 16.5. The van der Waals surface area contributed by atoms with Crippen molar-refractivity contribution >= 4 is 16.9 Å². The van der Waals surface area contributed by atoms with Crippen LogP contribution in [0.3, 0.4) is 0 Å². The van der Waals surface area contributed by atoms with Crippen LogP contribution in [0.15, 0.2) is 18.2 Å². The molecule has 0 radical (unpaired) electrons. The smallest absolute Gasteiger partial charge is 0.338 e. The van der Waals surface area contributed by atoms with Gasteiger partial charge in [0.1, 0.15) is 0 Å². The summed E-state index contributed by atoms with van der Waals surface area (Å²) in [6, 6.07) is 5.84. The number of carbonyl (C=O) groups excluding carboxylic acids is 1. The zero-order valence-electron chi connectivity index (χ0n) is 12.2. The maximum absolute atomic E-state index is 12.1. The predicted octanol–water partition coefficient (Wildman–Crippen LogP) is 3.86. The van der Waals surface area contributed by atoms with Gasteiger partial charge in [-0.3, -0.25) is 0 Å². The summed E-state index contributed by atoms with van der Waals surface area (Å²) in [4.78, 5) is 15.5. The van der Waals surface area contributed by atoms with E-state index in [0.717, 1.165) is 18.4 Å². The van der Waals surface area contributed by atoms with Crippen molar-refractivity contribution in [1.82, 2.24) is 4.98 Å². The summed E-state index contributed by atoms with van der Waals surface area (Å²) in [6.07, 6.45) is 4.72. The molecule has 20 heavy (non-hydrogen) atoms. The minimum atomic E-state index is -0.216. The highest BCUT2D eigenvalue weighted by molar-refractivity contribution is 5.96. The minimum Gasteiger partial charge on any atom is -0.462 e. The van der Waals surface area contributed by atoms with Crippen LogP contribution in [0.4, 0.5) is 0 Å². The van der Waals surface area contributed by atoms with Crippen LogP contribution in [0.2, 0.25) is 0 Å². The van der Waals surface area contributed by atoms with E-state index in [2.05, 4.69) is 4.98 Å². The summed E-state index contributed by atoms with van der Waals surface area (Å²) in [5.74, 6) is 0.147. The molecule has 1 aromatic carbocycles. The summed E-state index contributed by atoms with van der Waals surface area (Å²) in [7, 11) is 0. The Morgan fingerprint density at radius 1 is 1.30 bits per heavy atom. The van der Waals surface area contributed by atoms with Crippen LogP contribution in [0, 0.1) is 5.92 Å². The number of carbonyl (C=O) groups is 1. The number of H-pyrrole nitrogens is 1. The summed E-state index contributed by atoms with van der Waals surface area (Å²) in [5.41, 5.74) is 4.53. The molecule has 0 amide bonds. The second-order valence-corrected chi connectivity index (χ2v) is 6.04. The molecule has 0 unspecified atom stereocenters. The number of aromatic amines is 1. The summed E-state index contributed by atoms with van der Waals surface area (Å²) in [6.45, 7) is 4.56. The van der Waals surface area contributed by atoms with E-state index in [1.54, 1.807) is 0 Å². The van der Waals surface area contributed by atoms with E-state index in [9.17, 15) is 4.79 Å². The lowest BCUT2D eigenvalue weighted by molar-refractivity contribution is 0.0459. The molecule has 1 aliphatic carbocycles. The standard InChI is InChI=1S/C17H21NO2/c1-11(2)10-20-17(19)12-7-8-16-14(9-12)13-5-3-4-6-15(13)18-16/h7-9,11,18H,3-6,10H2,1-2H3. The van der Waals surface area contributed by atoms with Gasteiger partial charge in [-0.15, -0.1) is 0 Å². The van der Waals surface area contributed by atoms with Crippen LogP contribution < -0.4 is 0 Å². The first kappa shape index (κ1) is 13.2. The molecule has 0 spiro atoms. The van der Waals surface area contributed by atoms with Crippen molar-refractivity contribution in [1.29, 1.82) is 0 Å². The van der Waals surface area contributed by atoms with Gasteiger partial charge >= 0.3 is 5.97 Å². The third kappa shape index (κ3) is 2.45. The molecular weight excluding hydrogens is 250 g/mol. The number of rotatable bonds is 3. The van der Waals surface area contributed by atoms with Crippen LogP contribution in [-0.2, 0) is 17.6 Å². The first-order valence-electron chi connectivity index (χ1n) is 7.46. The Kier molecular flexibility index (Phi) is 3.51. The normalized spacial score (nSPS) is 14.6. The topological polar surface area (TPSA) is 42.1 Å². The number of hydrogen-bond donors (Lipinski definition) is 1. The highest BCUT2D eigenvalue weighted by Crippen LogP contribution is 2.29. The number of aryl methyl sites for hydroxylation is 2. The number of ether oxygens (including phenoxy) is 1. The lowest BCUT2D eigenvalue weighted by Crippen LogP contribution is -2.10. The van der Waals surface area contributed by atoms with Gasteiger partial charge in [0.15, 0.2) is 0 Å². The maximum Gasteiger partial charge on any atom is 0.338 e. The van der Waals surface area contributed by atoms with Crippen molar-refractivity contribution in [2.45, 2.75) is 39.5 Å². The van der Waals surface area contributed by atoms with Gasteiger partial charge in [-0.05, 0) is 55.4 Å². The Morgan fingerprint density at radius 2 is 2.10 bits per heavy atom. The average Bonchev–Trinajstić information content (AvgIpc) is 2.82. The monoisotopic (exact) mass is 271 g/mol. The predicted molar refractivity (Wildman–Crippen MR) is 80.1 cm³/mol. The van der Waals surface area contributed by atoms with E-state index < -0.39 is 0 Å². The van der Waals surface area contributed by atoms with Crippen molar-refractivity contribution in [2.24, 2.45) is 5.92 Å². The molecular formula is C17H21NO2. The Labute approximate surface area is 119 Å². The largest absolute Gasteiger partial charge is 0.462 e. The Hall–Kier alpha value is -1.77. The number of hydrogen-bond acceptors (Lipinski definition) is 2. The van der Waals surface area contributed by atoms with Crippen LogP contribution in [0.1, 0.15) is 48.3 Å². The molecule has 0 aliphatic heterocycles. The fourth-order valence-corrected chi connectivity index (χ4v) is 2.86. The summed E-state index contributed by atoms with van der Waals surface area (Å²) < 4.78 is 5.31. The number of esters is 1. The number of nitrogens with one attached hydrogen (secondary N) is 1. The minimum absolute atomic E-state index is 0.216. The highest BCUT2D eigenvalue weighted by Gasteiger charge is 2.17. The van der Waals surface area contributed by atoms with Crippen LogP contribution in [0.25, 0.3) is 10.9 Å². The molecule has 3 rings (SSSR count). The molecule has 3 nitrogen and oxygen atoms in total. The molecule has 0 saturated carbocycles. The zero-order chi connectivity index (χ0) is 14.1. The Balaban J connectivity index is 1.91. The fourth-order valence-electron chi connectivity index (χ4n) is 2.86. The lowest BCUT2D eigenvalue weighted by atomic mass is 9.95. The third-order valence-corrected chi connectivity index (χ3v) is 3.88. The van der Waals surface area contributed by atoms with Gasteiger partial charge in [0.25, 0.3) is 0 Å². The van der Waals surface area contributed by atoms with Crippen molar-refractivity contribution < 1.29 is 9.53 Å². The van der Waals surface area contributed by atoms with Gasteiger partial charge < -0.3 is 9.72 Å². The number of aromatic nitrogens is 1. The van der Waals surface area contributed by atoms with Gasteiger partial charge in [0.2, 0.25) is 0 Å². The molecule has 3 heteroatoms. The van der Waals surface area contributed by atoms with E-state index in [-0.39, 0.29) is 5.97 Å². The molecule has 2 aromatic rings. The van der Waals surface area contributed by atoms with E-state index in [0.29, 0.717) is 18.1 Å². The van der Waals surface area contributed by atoms with Gasteiger partial charge in [-0.2, -0.15) is 0 Å². The van der Waals surface area contributed by atoms with E-state index >= 15 is 0 Å². The summed E-state index contributed by atoms with van der Waals surface area (Å²) >= 11 is 0. The molecule has 0 atom stereocenters. The molecule has 1 aromatic heterocycles. The molecule has 1 aliphatic rings. The zero-order valence-corrected chi connectivity index (χ0v) is 12.2. The summed E-state index contributed by atoms with van der Waals surface area (Å²) in [5, 5.41) is 1.19. The van der Waals surface area contributed by atoms with Gasteiger partial charge in [0.05, 0.1) is 12.2 Å². The second-order valence-electron chi connectivity index (χ2n) is 6.04. The molecule has 106 valence electrons. The quantitative estimate of drug-likeness (QED) is 0.861. The molecule has 0 bridgehead atoms. The lowest BCUT2D eigenvalue weighted by Gasteiger charge is -2.10. The van der Waals surface area contributed by atoms with Crippen LogP contribution in [0.5, 0.6) is 0 Å². The van der Waals surface area contributed by atoms with E-state index in [1.807, 2.05) is 32.0 Å². The molecule has 0 fully saturated rings. The van der Waals surface area contributed by atoms with Crippen molar-refractivity contribution in [3.63, 3.8) is 0 Å². The second kappa shape index (κ2) is 5.31. The average molecular weight is 271 g/mol. The van der Waals surface area contributed by atoms with Crippen molar-refractivity contribution in [3.05, 3.63) is 35.0 Å². The SMILES string of the molecule is CC(C)COC(=O)c1ccc2[nH]c3c(c2c1)CCCC3.